The van der Waals surface area contributed by atoms with Crippen molar-refractivity contribution in [3.05, 3.63) is 59.4 Å². The van der Waals surface area contributed by atoms with Crippen molar-refractivity contribution in [2.45, 2.75) is 12.6 Å². The number of carbonyl (C=O) groups excluding carboxylic acids is 1. The van der Waals surface area contributed by atoms with Crippen LogP contribution in [0.1, 0.15) is 17.2 Å². The average molecular weight is 286 g/mol. The van der Waals surface area contributed by atoms with Gasteiger partial charge in [0.15, 0.2) is 0 Å². The number of carbonyl (C=O) groups is 1. The van der Waals surface area contributed by atoms with Gasteiger partial charge >= 0.3 is 0 Å². The second kappa shape index (κ2) is 5.18. The van der Waals surface area contributed by atoms with E-state index in [0.29, 0.717) is 17.8 Å². The molecule has 1 unspecified atom stereocenters. The number of methoxy groups -OCH3 is 1. The van der Waals surface area contributed by atoms with Crippen LogP contribution in [-0.2, 0) is 11.3 Å². The molecule has 1 aliphatic rings. The minimum atomic E-state index is -0.723. The quantitative estimate of drug-likeness (QED) is 0.942. The molecule has 0 bridgehead atoms. The Hall–Kier alpha value is -2.40. The van der Waals surface area contributed by atoms with Crippen LogP contribution >= 0.6 is 0 Å². The lowest BCUT2D eigenvalue weighted by atomic mass is 10.1. The molecule has 0 fully saturated rings. The van der Waals surface area contributed by atoms with Crippen molar-refractivity contribution in [2.24, 2.45) is 5.73 Å². The van der Waals surface area contributed by atoms with Gasteiger partial charge in [0.1, 0.15) is 17.6 Å². The third-order valence-electron chi connectivity index (χ3n) is 3.65. The lowest BCUT2D eigenvalue weighted by Gasteiger charge is -2.18. The highest BCUT2D eigenvalue weighted by molar-refractivity contribution is 6.04. The number of fused-ring (bicyclic) bond motifs is 1. The van der Waals surface area contributed by atoms with Crippen LogP contribution in [0.3, 0.4) is 0 Å². The van der Waals surface area contributed by atoms with Crippen molar-refractivity contribution < 1.29 is 13.9 Å². The molecule has 0 aromatic heterocycles. The second-order valence-corrected chi connectivity index (χ2v) is 4.95. The van der Waals surface area contributed by atoms with Crippen molar-refractivity contribution in [3.63, 3.8) is 0 Å². The molecule has 1 amide bonds. The van der Waals surface area contributed by atoms with Gasteiger partial charge < -0.3 is 15.4 Å². The van der Waals surface area contributed by atoms with Gasteiger partial charge in [-0.1, -0.05) is 18.2 Å². The van der Waals surface area contributed by atoms with E-state index in [1.807, 2.05) is 24.3 Å². The maximum atomic E-state index is 13.4. The normalized spacial score (nSPS) is 17.0. The summed E-state index contributed by atoms with van der Waals surface area (Å²) in [7, 11) is 1.59. The van der Waals surface area contributed by atoms with Gasteiger partial charge in [0.25, 0.3) is 0 Å². The van der Waals surface area contributed by atoms with Crippen LogP contribution in [0, 0.1) is 5.82 Å². The fourth-order valence-electron chi connectivity index (χ4n) is 2.51. The Morgan fingerprint density at radius 3 is 2.62 bits per heavy atom. The van der Waals surface area contributed by atoms with Gasteiger partial charge in [-0.05, 0) is 29.8 Å². The van der Waals surface area contributed by atoms with Crippen molar-refractivity contribution in [2.75, 3.05) is 12.0 Å². The molecule has 2 N–H and O–H groups in total. The fraction of sp³-hybridized carbons (Fsp3) is 0.188. The van der Waals surface area contributed by atoms with Gasteiger partial charge in [-0.15, -0.1) is 0 Å². The third-order valence-corrected chi connectivity index (χ3v) is 3.65. The molecule has 1 aliphatic heterocycles. The number of hydrogen-bond acceptors (Lipinski definition) is 3. The molecule has 108 valence electrons. The average Bonchev–Trinajstić information content (AvgIpc) is 2.73. The van der Waals surface area contributed by atoms with Crippen LogP contribution in [0.15, 0.2) is 42.5 Å². The molecule has 0 aliphatic carbocycles. The number of anilines is 1. The predicted molar refractivity (Wildman–Crippen MR) is 77.5 cm³/mol. The van der Waals surface area contributed by atoms with Crippen LogP contribution in [0.5, 0.6) is 5.75 Å². The van der Waals surface area contributed by atoms with E-state index in [2.05, 4.69) is 0 Å². The summed E-state index contributed by atoms with van der Waals surface area (Å²) in [5.74, 6) is 0.149. The number of rotatable bonds is 3. The zero-order valence-corrected chi connectivity index (χ0v) is 11.5. The highest BCUT2D eigenvalue weighted by Gasteiger charge is 2.34. The first-order valence-electron chi connectivity index (χ1n) is 6.59. The van der Waals surface area contributed by atoms with Gasteiger partial charge in [-0.2, -0.15) is 0 Å². The number of hydrogen-bond donors (Lipinski definition) is 1. The van der Waals surface area contributed by atoms with Crippen molar-refractivity contribution >= 4 is 11.6 Å². The molecule has 21 heavy (non-hydrogen) atoms. The molecule has 2 aromatic carbocycles. The first-order chi connectivity index (χ1) is 10.1. The SMILES string of the molecule is COc1ccc(CN2C(=O)C(N)c3ccc(F)cc32)cc1. The lowest BCUT2D eigenvalue weighted by Crippen LogP contribution is -2.31. The minimum Gasteiger partial charge on any atom is -0.497 e. The van der Waals surface area contributed by atoms with E-state index in [0.717, 1.165) is 11.3 Å². The van der Waals surface area contributed by atoms with Crippen LogP contribution in [0.4, 0.5) is 10.1 Å². The van der Waals surface area contributed by atoms with E-state index in [1.165, 1.54) is 17.0 Å². The molecule has 0 saturated heterocycles. The molecule has 1 heterocycles. The zero-order chi connectivity index (χ0) is 15.0. The smallest absolute Gasteiger partial charge is 0.248 e. The van der Waals surface area contributed by atoms with E-state index in [-0.39, 0.29) is 11.7 Å². The number of ether oxygens (including phenoxy) is 1. The molecule has 0 spiro atoms. The van der Waals surface area contributed by atoms with Crippen LogP contribution in [0.25, 0.3) is 0 Å². The maximum absolute atomic E-state index is 13.4. The fourth-order valence-corrected chi connectivity index (χ4v) is 2.51. The highest BCUT2D eigenvalue weighted by atomic mass is 19.1. The Morgan fingerprint density at radius 2 is 1.95 bits per heavy atom. The summed E-state index contributed by atoms with van der Waals surface area (Å²) in [6.45, 7) is 0.354. The topological polar surface area (TPSA) is 55.6 Å². The van der Waals surface area contributed by atoms with Crippen LogP contribution in [-0.4, -0.2) is 13.0 Å². The third kappa shape index (κ3) is 2.36. The first-order valence-corrected chi connectivity index (χ1v) is 6.59. The summed E-state index contributed by atoms with van der Waals surface area (Å²) in [6, 6.07) is 10.9. The second-order valence-electron chi connectivity index (χ2n) is 4.95. The Kier molecular flexibility index (Phi) is 3.35. The number of amides is 1. The maximum Gasteiger partial charge on any atom is 0.248 e. The van der Waals surface area contributed by atoms with E-state index in [9.17, 15) is 9.18 Å². The van der Waals surface area contributed by atoms with Gasteiger partial charge in [-0.25, -0.2) is 4.39 Å². The van der Waals surface area contributed by atoms with Gasteiger partial charge in [-0.3, -0.25) is 4.79 Å². The molecular formula is C16H15FN2O2. The molecule has 3 rings (SSSR count). The number of benzene rings is 2. The lowest BCUT2D eigenvalue weighted by molar-refractivity contribution is -0.119. The first kappa shape index (κ1) is 13.6. The number of nitrogens with zero attached hydrogens (tertiary/aromatic N) is 1. The summed E-state index contributed by atoms with van der Waals surface area (Å²) in [6.07, 6.45) is 0. The summed E-state index contributed by atoms with van der Waals surface area (Å²) in [5, 5.41) is 0. The molecule has 0 radical (unpaired) electrons. The van der Waals surface area contributed by atoms with Crippen LogP contribution < -0.4 is 15.4 Å². The Labute approximate surface area is 121 Å². The van der Waals surface area contributed by atoms with Crippen molar-refractivity contribution in [1.82, 2.24) is 0 Å². The largest absolute Gasteiger partial charge is 0.497 e. The standard InChI is InChI=1S/C16H15FN2O2/c1-21-12-5-2-10(3-6-12)9-19-14-8-11(17)4-7-13(14)15(18)16(19)20/h2-8,15H,9,18H2,1H3. The summed E-state index contributed by atoms with van der Waals surface area (Å²) >= 11 is 0. The Morgan fingerprint density at radius 1 is 1.24 bits per heavy atom. The molecule has 1 atom stereocenters. The van der Waals surface area contributed by atoms with Gasteiger partial charge in [0.05, 0.1) is 19.3 Å². The molecule has 4 nitrogen and oxygen atoms in total. The van der Waals surface area contributed by atoms with Gasteiger partial charge in [0.2, 0.25) is 5.91 Å². The Bertz CT molecular complexity index is 685. The summed E-state index contributed by atoms with van der Waals surface area (Å²) in [5.41, 5.74) is 8.03. The molecule has 2 aromatic rings. The highest BCUT2D eigenvalue weighted by Crippen LogP contribution is 2.36. The zero-order valence-electron chi connectivity index (χ0n) is 11.5. The molecule has 5 heteroatoms. The number of halogens is 1. The van der Waals surface area contributed by atoms with E-state index in [1.54, 1.807) is 13.2 Å². The predicted octanol–water partition coefficient (Wildman–Crippen LogP) is 2.38. The van der Waals surface area contributed by atoms with Crippen molar-refractivity contribution in [3.8, 4) is 5.75 Å². The van der Waals surface area contributed by atoms with E-state index < -0.39 is 6.04 Å². The summed E-state index contributed by atoms with van der Waals surface area (Å²) < 4.78 is 18.5. The van der Waals surface area contributed by atoms with E-state index >= 15 is 0 Å². The van der Waals surface area contributed by atoms with Crippen molar-refractivity contribution in [1.29, 1.82) is 0 Å². The molecular weight excluding hydrogens is 271 g/mol. The molecule has 0 saturated carbocycles. The Balaban J connectivity index is 1.91. The summed E-state index contributed by atoms with van der Waals surface area (Å²) in [4.78, 5) is 13.8. The number of nitrogens with two attached hydrogens (primary N) is 1. The van der Waals surface area contributed by atoms with Gasteiger partial charge in [0, 0.05) is 5.56 Å². The van der Waals surface area contributed by atoms with E-state index in [4.69, 9.17) is 10.5 Å². The minimum absolute atomic E-state index is 0.216. The van der Waals surface area contributed by atoms with Crippen LogP contribution in [0.2, 0.25) is 0 Å². The monoisotopic (exact) mass is 286 g/mol.